The average Bonchev–Trinajstić information content (AvgIpc) is 2.68. The molecule has 0 N–H and O–H groups in total. The summed E-state index contributed by atoms with van der Waals surface area (Å²) in [4.78, 5) is 4.40. The quantitative estimate of drug-likeness (QED) is 0.854. The molecule has 0 fully saturated rings. The van der Waals surface area contributed by atoms with E-state index in [2.05, 4.69) is 11.1 Å². The normalized spacial score (nSPS) is 11.7. The molecule has 5 heteroatoms. The molecular formula is C12H9Cl2N3. The molecule has 1 aromatic carbocycles. The monoisotopic (exact) mass is 265 g/mol. The molecule has 1 aromatic heterocycles. The Kier molecular flexibility index (Phi) is 3.68. The van der Waals surface area contributed by atoms with Crippen molar-refractivity contribution in [3.05, 3.63) is 40.7 Å². The van der Waals surface area contributed by atoms with Crippen molar-refractivity contribution < 1.29 is 0 Å². The predicted molar refractivity (Wildman–Crippen MR) is 68.8 cm³/mol. The van der Waals surface area contributed by atoms with Gasteiger partial charge in [0.2, 0.25) is 0 Å². The predicted octanol–water partition coefficient (Wildman–Crippen LogP) is 3.42. The summed E-state index contributed by atoms with van der Waals surface area (Å²) in [6, 6.07) is 9.79. The number of benzene rings is 1. The summed E-state index contributed by atoms with van der Waals surface area (Å²) in [7, 11) is 0. The molecule has 1 heterocycles. The van der Waals surface area contributed by atoms with Crippen LogP contribution in [0.3, 0.4) is 0 Å². The number of nitrogens with zero attached hydrogens (tertiary/aromatic N) is 3. The Bertz CT molecular complexity index is 608. The number of nitriles is 1. The molecule has 0 aliphatic rings. The lowest BCUT2D eigenvalue weighted by Crippen LogP contribution is -2.03. The molecule has 0 radical (unpaired) electrons. The van der Waals surface area contributed by atoms with E-state index in [1.54, 1.807) is 0 Å². The third-order valence-electron chi connectivity index (χ3n) is 2.40. The first-order valence-corrected chi connectivity index (χ1v) is 5.83. The average molecular weight is 266 g/mol. The second-order valence-corrected chi connectivity index (χ2v) is 4.20. The first-order valence-electron chi connectivity index (χ1n) is 5.02. The topological polar surface area (TPSA) is 41.6 Å². The zero-order valence-corrected chi connectivity index (χ0v) is 10.4. The third kappa shape index (κ3) is 2.44. The maximum Gasteiger partial charge on any atom is 0.124 e. The van der Waals surface area contributed by atoms with E-state index in [0.717, 1.165) is 11.0 Å². The van der Waals surface area contributed by atoms with Crippen molar-refractivity contribution in [2.45, 2.75) is 13.0 Å². The zero-order valence-electron chi connectivity index (χ0n) is 8.90. The Hall–Kier alpha value is -1.50. The van der Waals surface area contributed by atoms with Crippen LogP contribution in [0.1, 0.15) is 5.82 Å². The van der Waals surface area contributed by atoms with Crippen LogP contribution in [0.15, 0.2) is 34.8 Å². The first kappa shape index (κ1) is 12.0. The Labute approximate surface area is 109 Å². The largest absolute Gasteiger partial charge is 0.322 e. The van der Waals surface area contributed by atoms with Crippen LogP contribution >= 0.6 is 23.2 Å². The SMILES string of the molecule is N#CCc1nc2ccccc2n1CC(Cl)=CCl. The molecular weight excluding hydrogens is 257 g/mol. The summed E-state index contributed by atoms with van der Waals surface area (Å²) in [5, 5.41) is 9.29. The number of rotatable bonds is 3. The summed E-state index contributed by atoms with van der Waals surface area (Å²) < 4.78 is 1.90. The Balaban J connectivity index is 2.56. The Morgan fingerprint density at radius 1 is 1.47 bits per heavy atom. The number of hydrogen-bond donors (Lipinski definition) is 0. The molecule has 0 amide bonds. The van der Waals surface area contributed by atoms with E-state index in [1.807, 2.05) is 28.8 Å². The van der Waals surface area contributed by atoms with Gasteiger partial charge in [0.05, 0.1) is 30.1 Å². The van der Waals surface area contributed by atoms with Crippen LogP contribution < -0.4 is 0 Å². The van der Waals surface area contributed by atoms with Gasteiger partial charge in [-0.15, -0.1) is 0 Å². The molecule has 2 aromatic rings. The van der Waals surface area contributed by atoms with E-state index in [4.69, 9.17) is 28.5 Å². The number of allylic oxidation sites excluding steroid dienone is 1. The van der Waals surface area contributed by atoms with E-state index in [9.17, 15) is 0 Å². The minimum atomic E-state index is 0.251. The summed E-state index contributed by atoms with van der Waals surface area (Å²) >= 11 is 11.5. The van der Waals surface area contributed by atoms with Gasteiger partial charge in [0, 0.05) is 10.6 Å². The smallest absolute Gasteiger partial charge is 0.124 e. The highest BCUT2D eigenvalue weighted by Gasteiger charge is 2.10. The molecule has 86 valence electrons. The van der Waals surface area contributed by atoms with Gasteiger partial charge >= 0.3 is 0 Å². The van der Waals surface area contributed by atoms with Crippen LogP contribution in [0.25, 0.3) is 11.0 Å². The van der Waals surface area contributed by atoms with E-state index in [1.165, 1.54) is 5.54 Å². The minimum absolute atomic E-state index is 0.251. The van der Waals surface area contributed by atoms with Gasteiger partial charge in [-0.1, -0.05) is 35.3 Å². The molecule has 0 spiro atoms. The van der Waals surface area contributed by atoms with Crippen molar-refractivity contribution >= 4 is 34.2 Å². The van der Waals surface area contributed by atoms with Crippen molar-refractivity contribution in [3.8, 4) is 6.07 Å². The van der Waals surface area contributed by atoms with Gasteiger partial charge in [0.15, 0.2) is 0 Å². The lowest BCUT2D eigenvalue weighted by atomic mass is 10.3. The van der Waals surface area contributed by atoms with E-state index in [-0.39, 0.29) is 6.42 Å². The molecule has 0 atom stereocenters. The molecule has 0 saturated carbocycles. The van der Waals surface area contributed by atoms with Crippen LogP contribution in [0.4, 0.5) is 0 Å². The van der Waals surface area contributed by atoms with E-state index < -0.39 is 0 Å². The summed E-state index contributed by atoms with van der Waals surface area (Å²) in [5.41, 5.74) is 3.14. The van der Waals surface area contributed by atoms with Crippen molar-refractivity contribution in [2.75, 3.05) is 0 Å². The van der Waals surface area contributed by atoms with Crippen LogP contribution in [0, 0.1) is 11.3 Å². The molecule has 0 aliphatic carbocycles. The third-order valence-corrected chi connectivity index (χ3v) is 3.00. The van der Waals surface area contributed by atoms with Crippen LogP contribution in [-0.4, -0.2) is 9.55 Å². The van der Waals surface area contributed by atoms with Gasteiger partial charge in [-0.2, -0.15) is 5.26 Å². The molecule has 0 bridgehead atoms. The lowest BCUT2D eigenvalue weighted by Gasteiger charge is -2.05. The maximum absolute atomic E-state index is 8.78. The number of fused-ring (bicyclic) bond motifs is 1. The number of para-hydroxylation sites is 2. The standard InChI is InChI=1S/C12H9Cl2N3/c13-7-9(14)8-17-11-4-2-1-3-10(11)16-12(17)5-6-15/h1-4,7H,5,8H2. The van der Waals surface area contributed by atoms with Gasteiger partial charge in [-0.25, -0.2) is 4.98 Å². The first-order chi connectivity index (χ1) is 8.26. The molecule has 2 rings (SSSR count). The molecule has 0 aliphatic heterocycles. The van der Waals surface area contributed by atoms with Crippen molar-refractivity contribution in [3.63, 3.8) is 0 Å². The molecule has 17 heavy (non-hydrogen) atoms. The number of imidazole rings is 1. The van der Waals surface area contributed by atoms with Crippen molar-refractivity contribution in [2.24, 2.45) is 0 Å². The second kappa shape index (κ2) is 5.22. The van der Waals surface area contributed by atoms with Gasteiger partial charge in [-0.05, 0) is 12.1 Å². The fourth-order valence-electron chi connectivity index (χ4n) is 1.69. The second-order valence-electron chi connectivity index (χ2n) is 3.49. The molecule has 0 saturated heterocycles. The summed E-state index contributed by atoms with van der Waals surface area (Å²) in [5.74, 6) is 0.699. The molecule has 0 unspecified atom stereocenters. The zero-order chi connectivity index (χ0) is 12.3. The fraction of sp³-hybridized carbons (Fsp3) is 0.167. The highest BCUT2D eigenvalue weighted by atomic mass is 35.5. The number of hydrogen-bond acceptors (Lipinski definition) is 2. The van der Waals surface area contributed by atoms with Gasteiger partial charge < -0.3 is 4.57 Å². The fourth-order valence-corrected chi connectivity index (χ4v) is 1.88. The number of aromatic nitrogens is 2. The Morgan fingerprint density at radius 2 is 2.24 bits per heavy atom. The highest BCUT2D eigenvalue weighted by Crippen LogP contribution is 2.19. The highest BCUT2D eigenvalue weighted by molar-refractivity contribution is 6.36. The van der Waals surface area contributed by atoms with E-state index >= 15 is 0 Å². The number of halogens is 2. The van der Waals surface area contributed by atoms with Crippen LogP contribution in [-0.2, 0) is 13.0 Å². The lowest BCUT2D eigenvalue weighted by molar-refractivity contribution is 0.780. The van der Waals surface area contributed by atoms with Gasteiger partial charge in [0.1, 0.15) is 5.82 Å². The van der Waals surface area contributed by atoms with Crippen LogP contribution in [0.5, 0.6) is 0 Å². The maximum atomic E-state index is 8.78. The molecule has 3 nitrogen and oxygen atoms in total. The summed E-state index contributed by atoms with van der Waals surface area (Å²) in [6.45, 7) is 0.433. The van der Waals surface area contributed by atoms with Gasteiger partial charge in [-0.3, -0.25) is 0 Å². The van der Waals surface area contributed by atoms with Crippen LogP contribution in [0.2, 0.25) is 0 Å². The van der Waals surface area contributed by atoms with Gasteiger partial charge in [0.25, 0.3) is 0 Å². The van der Waals surface area contributed by atoms with Crippen molar-refractivity contribution in [1.82, 2.24) is 9.55 Å². The summed E-state index contributed by atoms with van der Waals surface area (Å²) in [6.07, 6.45) is 0.251. The minimum Gasteiger partial charge on any atom is -0.322 e. The van der Waals surface area contributed by atoms with E-state index in [0.29, 0.717) is 17.4 Å². The Morgan fingerprint density at radius 3 is 2.94 bits per heavy atom. The van der Waals surface area contributed by atoms with Crippen molar-refractivity contribution in [1.29, 1.82) is 5.26 Å².